The van der Waals surface area contributed by atoms with Crippen molar-refractivity contribution in [2.45, 2.75) is 25.4 Å². The highest BCUT2D eigenvalue weighted by atomic mass is 19.4. The van der Waals surface area contributed by atoms with Gasteiger partial charge in [-0.15, -0.1) is 0 Å². The number of carbonyl (C=O) groups is 1. The number of aliphatic hydroxyl groups is 1. The van der Waals surface area contributed by atoms with E-state index in [1.54, 1.807) is 24.0 Å². The fourth-order valence-electron chi connectivity index (χ4n) is 2.54. The van der Waals surface area contributed by atoms with Crippen molar-refractivity contribution < 1.29 is 23.1 Å². The van der Waals surface area contributed by atoms with Crippen LogP contribution in [-0.4, -0.2) is 51.6 Å². The molecule has 0 saturated carbocycles. The Morgan fingerprint density at radius 1 is 1.43 bits per heavy atom. The first kappa shape index (κ1) is 15.8. The van der Waals surface area contributed by atoms with E-state index in [0.29, 0.717) is 5.69 Å². The second-order valence-corrected chi connectivity index (χ2v) is 5.47. The second-order valence-electron chi connectivity index (χ2n) is 5.47. The molecular weight excluding hydrogens is 287 g/mol. The van der Waals surface area contributed by atoms with E-state index in [2.05, 4.69) is 5.10 Å². The van der Waals surface area contributed by atoms with Gasteiger partial charge in [-0.2, -0.15) is 18.3 Å². The molecule has 0 spiro atoms. The molecule has 1 aliphatic rings. The van der Waals surface area contributed by atoms with Gasteiger partial charge < -0.3 is 10.0 Å². The molecule has 1 fully saturated rings. The topological polar surface area (TPSA) is 58.4 Å². The third-order valence-corrected chi connectivity index (χ3v) is 4.08. The number of nitrogens with zero attached hydrogens (tertiary/aromatic N) is 3. The van der Waals surface area contributed by atoms with Gasteiger partial charge in [0.15, 0.2) is 0 Å². The van der Waals surface area contributed by atoms with Crippen LogP contribution in [0.4, 0.5) is 13.2 Å². The van der Waals surface area contributed by atoms with Gasteiger partial charge >= 0.3 is 6.18 Å². The number of hydrogen-bond donors (Lipinski definition) is 1. The molecule has 8 heteroatoms. The molecule has 1 N–H and O–H groups in total. The van der Waals surface area contributed by atoms with E-state index in [-0.39, 0.29) is 38.3 Å². The lowest BCUT2D eigenvalue weighted by atomic mass is 9.78. The molecule has 0 aromatic carbocycles. The number of carbonyl (C=O) groups excluding carboxylic acids is 1. The van der Waals surface area contributed by atoms with Gasteiger partial charge in [0.2, 0.25) is 5.91 Å². The Labute approximate surface area is 120 Å². The minimum absolute atomic E-state index is 0.00569. The van der Waals surface area contributed by atoms with Crippen LogP contribution in [0.5, 0.6) is 0 Å². The monoisotopic (exact) mass is 305 g/mol. The van der Waals surface area contributed by atoms with Crippen molar-refractivity contribution >= 4 is 5.91 Å². The normalized spacial score (nSPS) is 18.8. The highest BCUT2D eigenvalue weighted by molar-refractivity contribution is 5.78. The maximum atomic E-state index is 13.0. The molecule has 1 aromatic heterocycles. The van der Waals surface area contributed by atoms with Gasteiger partial charge in [-0.05, 0) is 18.9 Å². The zero-order chi connectivity index (χ0) is 15.7. The van der Waals surface area contributed by atoms with Crippen LogP contribution in [0.15, 0.2) is 12.3 Å². The van der Waals surface area contributed by atoms with Crippen molar-refractivity contribution in [3.8, 4) is 0 Å². The Kier molecular flexibility index (Phi) is 4.27. The Morgan fingerprint density at radius 2 is 2.05 bits per heavy atom. The van der Waals surface area contributed by atoms with Crippen LogP contribution in [-0.2, 0) is 18.3 Å². The quantitative estimate of drug-likeness (QED) is 0.910. The first-order chi connectivity index (χ1) is 9.77. The summed E-state index contributed by atoms with van der Waals surface area (Å²) in [6.45, 7) is -0.920. The van der Waals surface area contributed by atoms with Gasteiger partial charge in [0.25, 0.3) is 0 Å². The second kappa shape index (κ2) is 5.67. The molecule has 2 rings (SSSR count). The first-order valence-electron chi connectivity index (χ1n) is 6.71. The van der Waals surface area contributed by atoms with Gasteiger partial charge in [-0.3, -0.25) is 9.48 Å². The van der Waals surface area contributed by atoms with Crippen LogP contribution in [0, 0.1) is 5.41 Å². The fraction of sp³-hybridized carbons (Fsp3) is 0.692. The molecule has 0 radical (unpaired) electrons. The molecule has 5 nitrogen and oxygen atoms in total. The standard InChI is InChI=1S/C13H18F3N3O2/c1-18-5-2-10(17-18)8-11(21)19-6-3-12(9-20,4-7-19)13(14,15)16/h2,5,20H,3-4,6-9H2,1H3. The summed E-state index contributed by atoms with van der Waals surface area (Å²) in [5.74, 6) is -0.234. The number of hydrogen-bond acceptors (Lipinski definition) is 3. The van der Waals surface area contributed by atoms with Crippen LogP contribution in [0.25, 0.3) is 0 Å². The minimum Gasteiger partial charge on any atom is -0.395 e. The van der Waals surface area contributed by atoms with Crippen molar-refractivity contribution in [3.05, 3.63) is 18.0 Å². The molecule has 0 atom stereocenters. The van der Waals surface area contributed by atoms with Crippen molar-refractivity contribution in [3.63, 3.8) is 0 Å². The SMILES string of the molecule is Cn1ccc(CC(=O)N2CCC(CO)(C(F)(F)F)CC2)n1. The van der Waals surface area contributed by atoms with Crippen LogP contribution in [0.2, 0.25) is 0 Å². The van der Waals surface area contributed by atoms with Gasteiger partial charge in [-0.1, -0.05) is 0 Å². The minimum atomic E-state index is -4.45. The van der Waals surface area contributed by atoms with E-state index in [0.717, 1.165) is 0 Å². The molecule has 118 valence electrons. The highest BCUT2D eigenvalue weighted by Gasteiger charge is 2.55. The third-order valence-electron chi connectivity index (χ3n) is 4.08. The van der Waals surface area contributed by atoms with E-state index in [9.17, 15) is 18.0 Å². The third kappa shape index (κ3) is 3.20. The Balaban J connectivity index is 1.95. The molecule has 1 amide bonds. The lowest BCUT2D eigenvalue weighted by Gasteiger charge is -2.41. The van der Waals surface area contributed by atoms with Crippen molar-refractivity contribution in [2.75, 3.05) is 19.7 Å². The predicted octanol–water partition coefficient (Wildman–Crippen LogP) is 1.13. The highest BCUT2D eigenvalue weighted by Crippen LogP contribution is 2.45. The van der Waals surface area contributed by atoms with E-state index < -0.39 is 18.2 Å². The van der Waals surface area contributed by atoms with Crippen LogP contribution in [0.3, 0.4) is 0 Å². The number of aryl methyl sites for hydroxylation is 1. The number of rotatable bonds is 3. The zero-order valence-corrected chi connectivity index (χ0v) is 11.7. The number of likely N-dealkylation sites (tertiary alicyclic amines) is 1. The number of piperidine rings is 1. The average Bonchev–Trinajstić information content (AvgIpc) is 2.83. The average molecular weight is 305 g/mol. The van der Waals surface area contributed by atoms with Gasteiger partial charge in [0, 0.05) is 26.3 Å². The van der Waals surface area contributed by atoms with Gasteiger partial charge in [-0.25, -0.2) is 0 Å². The number of halogens is 3. The predicted molar refractivity (Wildman–Crippen MR) is 68.3 cm³/mol. The lowest BCUT2D eigenvalue weighted by molar-refractivity contribution is -0.248. The summed E-state index contributed by atoms with van der Waals surface area (Å²) < 4.78 is 40.6. The summed E-state index contributed by atoms with van der Waals surface area (Å²) in [7, 11) is 1.73. The number of aliphatic hydroxyl groups excluding tert-OH is 1. The molecule has 0 bridgehead atoms. The molecule has 1 aromatic rings. The molecule has 0 aliphatic carbocycles. The number of aromatic nitrogens is 2. The van der Waals surface area contributed by atoms with Crippen LogP contribution in [0.1, 0.15) is 18.5 Å². The summed E-state index contributed by atoms with van der Waals surface area (Å²) in [4.78, 5) is 13.5. The van der Waals surface area contributed by atoms with Gasteiger partial charge in [0.1, 0.15) is 0 Å². The summed E-state index contributed by atoms with van der Waals surface area (Å²) in [6, 6.07) is 1.70. The van der Waals surface area contributed by atoms with E-state index in [1.165, 1.54) is 4.90 Å². The zero-order valence-electron chi connectivity index (χ0n) is 11.7. The van der Waals surface area contributed by atoms with Crippen molar-refractivity contribution in [2.24, 2.45) is 12.5 Å². The van der Waals surface area contributed by atoms with E-state index >= 15 is 0 Å². The van der Waals surface area contributed by atoms with Crippen molar-refractivity contribution in [1.29, 1.82) is 0 Å². The number of amides is 1. The Morgan fingerprint density at radius 3 is 2.48 bits per heavy atom. The largest absolute Gasteiger partial charge is 0.396 e. The van der Waals surface area contributed by atoms with Gasteiger partial charge in [0.05, 0.1) is 24.1 Å². The molecule has 0 unspecified atom stereocenters. The lowest BCUT2D eigenvalue weighted by Crippen LogP contribution is -2.51. The fourth-order valence-corrected chi connectivity index (χ4v) is 2.54. The summed E-state index contributed by atoms with van der Waals surface area (Å²) in [6.07, 6.45) is -3.18. The summed E-state index contributed by atoms with van der Waals surface area (Å²) in [5, 5.41) is 13.2. The maximum Gasteiger partial charge on any atom is 0.396 e. The molecule has 21 heavy (non-hydrogen) atoms. The van der Waals surface area contributed by atoms with Crippen LogP contribution < -0.4 is 0 Å². The Bertz CT molecular complexity index is 505. The molecule has 1 saturated heterocycles. The summed E-state index contributed by atoms with van der Waals surface area (Å²) >= 11 is 0. The first-order valence-corrected chi connectivity index (χ1v) is 6.71. The Hall–Kier alpha value is -1.57. The van der Waals surface area contributed by atoms with Crippen LogP contribution >= 0.6 is 0 Å². The maximum absolute atomic E-state index is 13.0. The summed E-state index contributed by atoms with van der Waals surface area (Å²) in [5.41, 5.74) is -1.48. The molecule has 2 heterocycles. The molecule has 1 aliphatic heterocycles. The van der Waals surface area contributed by atoms with E-state index in [1.807, 2.05) is 0 Å². The van der Waals surface area contributed by atoms with Crippen molar-refractivity contribution in [1.82, 2.24) is 14.7 Å². The smallest absolute Gasteiger partial charge is 0.395 e. The molecular formula is C13H18F3N3O2. The van der Waals surface area contributed by atoms with E-state index in [4.69, 9.17) is 5.11 Å². The number of alkyl halides is 3.